The first-order valence-electron chi connectivity index (χ1n) is 9.26. The minimum Gasteiger partial charge on any atom is -0.412 e. The van der Waals surface area contributed by atoms with Crippen LogP contribution in [0.2, 0.25) is 10.0 Å². The predicted molar refractivity (Wildman–Crippen MR) is 116 cm³/mol. The lowest BCUT2D eigenvalue weighted by Crippen LogP contribution is -2.02. The maximum atomic E-state index is 13.2. The quantitative estimate of drug-likeness (QED) is 0.348. The van der Waals surface area contributed by atoms with E-state index in [1.165, 1.54) is 6.33 Å². The second kappa shape index (κ2) is 7.94. The Bertz CT molecular complexity index is 1410. The van der Waals surface area contributed by atoms with Gasteiger partial charge in [-0.15, -0.1) is 10.2 Å². The van der Waals surface area contributed by atoms with Gasteiger partial charge in [-0.1, -0.05) is 47.5 Å². The molecule has 0 aliphatic heterocycles. The molecule has 0 N–H and O–H groups in total. The molecule has 0 bridgehead atoms. The molecule has 0 fully saturated rings. The van der Waals surface area contributed by atoms with E-state index in [4.69, 9.17) is 27.6 Å². The summed E-state index contributed by atoms with van der Waals surface area (Å²) in [6.45, 7) is 0.472. The van der Waals surface area contributed by atoms with Crippen LogP contribution in [0.4, 0.5) is 0 Å². The molecule has 0 amide bonds. The summed E-state index contributed by atoms with van der Waals surface area (Å²) in [6, 6.07) is 14.6. The van der Waals surface area contributed by atoms with Gasteiger partial charge >= 0.3 is 0 Å². The first kappa shape index (κ1) is 19.4. The predicted octanol–water partition coefficient (Wildman–Crippen LogP) is 5.07. The van der Waals surface area contributed by atoms with Gasteiger partial charge in [0.25, 0.3) is 17.6 Å². The molecule has 3 heterocycles. The van der Waals surface area contributed by atoms with Gasteiger partial charge in [-0.05, 0) is 29.8 Å². The molecule has 0 spiro atoms. The van der Waals surface area contributed by atoms with Gasteiger partial charge in [0.15, 0.2) is 0 Å². The molecule has 7 nitrogen and oxygen atoms in total. The number of halogens is 2. The molecule has 0 aliphatic rings. The number of hydrogen-bond donors (Lipinski definition) is 0. The van der Waals surface area contributed by atoms with Crippen LogP contribution >= 0.6 is 23.2 Å². The van der Waals surface area contributed by atoms with E-state index >= 15 is 0 Å². The van der Waals surface area contributed by atoms with Gasteiger partial charge in [-0.25, -0.2) is 9.97 Å². The van der Waals surface area contributed by atoms with Crippen molar-refractivity contribution in [1.82, 2.24) is 24.7 Å². The second-order valence-electron chi connectivity index (χ2n) is 6.76. The van der Waals surface area contributed by atoms with Gasteiger partial charge in [0.05, 0.1) is 5.56 Å². The van der Waals surface area contributed by atoms with Crippen LogP contribution in [0.15, 0.2) is 71.7 Å². The molecule has 0 atom stereocenters. The molecule has 0 aliphatic carbocycles. The third-order valence-corrected chi connectivity index (χ3v) is 5.40. The van der Waals surface area contributed by atoms with Crippen LogP contribution in [-0.2, 0) is 6.54 Å². The number of rotatable bonds is 5. The Kier molecular flexibility index (Phi) is 4.97. The molecule has 3 aromatic heterocycles. The number of fused-ring (bicyclic) bond motifs is 1. The number of aromatic nitrogens is 5. The van der Waals surface area contributed by atoms with Gasteiger partial charge in [-0.3, -0.25) is 4.79 Å². The fraction of sp³-hybridized carbons (Fsp3) is 0.0455. The van der Waals surface area contributed by atoms with E-state index in [0.29, 0.717) is 27.8 Å². The van der Waals surface area contributed by atoms with E-state index in [2.05, 4.69) is 20.2 Å². The molecular weight excluding hydrogens is 437 g/mol. The molecule has 5 rings (SSSR count). The van der Waals surface area contributed by atoms with Crippen LogP contribution < -0.4 is 0 Å². The molecular formula is C22H13Cl2N5O2. The molecule has 152 valence electrons. The summed E-state index contributed by atoms with van der Waals surface area (Å²) >= 11 is 12.4. The first-order chi connectivity index (χ1) is 15.1. The topological polar surface area (TPSA) is 86.7 Å². The summed E-state index contributed by atoms with van der Waals surface area (Å²) in [5.41, 5.74) is 2.67. The van der Waals surface area contributed by atoms with E-state index in [1.807, 2.05) is 34.9 Å². The van der Waals surface area contributed by atoms with Gasteiger partial charge in [0.2, 0.25) is 0 Å². The third-order valence-electron chi connectivity index (χ3n) is 4.81. The smallest absolute Gasteiger partial charge is 0.289 e. The highest BCUT2D eigenvalue weighted by Gasteiger charge is 2.23. The van der Waals surface area contributed by atoms with Gasteiger partial charge < -0.3 is 8.98 Å². The lowest BCUT2D eigenvalue weighted by Gasteiger charge is -2.08. The molecule has 0 saturated heterocycles. The molecule has 31 heavy (non-hydrogen) atoms. The lowest BCUT2D eigenvalue weighted by molar-refractivity contribution is 0.100. The van der Waals surface area contributed by atoms with Crippen molar-refractivity contribution in [3.8, 4) is 11.6 Å². The molecule has 9 heteroatoms. The van der Waals surface area contributed by atoms with Crippen molar-refractivity contribution in [3.63, 3.8) is 0 Å². The van der Waals surface area contributed by atoms with Crippen LogP contribution in [0.5, 0.6) is 0 Å². The van der Waals surface area contributed by atoms with Crippen LogP contribution in [0.3, 0.4) is 0 Å². The van der Waals surface area contributed by atoms with Gasteiger partial charge in [0, 0.05) is 39.9 Å². The average molecular weight is 450 g/mol. The number of carbonyl (C=O) groups is 1. The van der Waals surface area contributed by atoms with Gasteiger partial charge in [0.1, 0.15) is 12.0 Å². The van der Waals surface area contributed by atoms with Crippen molar-refractivity contribution in [1.29, 1.82) is 0 Å². The summed E-state index contributed by atoms with van der Waals surface area (Å²) in [5, 5.41) is 9.77. The maximum Gasteiger partial charge on any atom is 0.289 e. The second-order valence-corrected chi connectivity index (χ2v) is 7.60. The Balaban J connectivity index is 1.53. The maximum absolute atomic E-state index is 13.2. The number of benzene rings is 2. The average Bonchev–Trinajstić information content (AvgIpc) is 3.42. The zero-order valence-electron chi connectivity index (χ0n) is 15.9. The van der Waals surface area contributed by atoms with Crippen LogP contribution in [0.25, 0.3) is 22.5 Å². The zero-order chi connectivity index (χ0) is 21.4. The summed E-state index contributed by atoms with van der Waals surface area (Å²) in [5.74, 6) is -0.326. The monoisotopic (exact) mass is 449 g/mol. The van der Waals surface area contributed by atoms with Crippen LogP contribution in [0.1, 0.15) is 21.8 Å². The highest BCUT2D eigenvalue weighted by atomic mass is 35.5. The SMILES string of the molecule is O=C(c1nnc(-c2ccncn2)o1)c1cn(Cc2ccc(Cl)cc2Cl)c2ccccc12. The van der Waals surface area contributed by atoms with Crippen molar-refractivity contribution in [2.45, 2.75) is 6.54 Å². The summed E-state index contributed by atoms with van der Waals surface area (Å²) in [6.07, 6.45) is 4.70. The van der Waals surface area contributed by atoms with E-state index in [0.717, 1.165) is 16.5 Å². The van der Waals surface area contributed by atoms with E-state index in [1.54, 1.807) is 30.6 Å². The van der Waals surface area contributed by atoms with Crippen molar-refractivity contribution in [2.75, 3.05) is 0 Å². The normalized spacial score (nSPS) is 11.2. The third kappa shape index (κ3) is 3.69. The van der Waals surface area contributed by atoms with Crippen LogP contribution in [0, 0.1) is 0 Å². The molecule has 0 unspecified atom stereocenters. The minimum atomic E-state index is -0.370. The number of ketones is 1. The van der Waals surface area contributed by atoms with E-state index in [9.17, 15) is 4.79 Å². The molecule has 0 saturated carbocycles. The zero-order valence-corrected chi connectivity index (χ0v) is 17.4. The summed E-state index contributed by atoms with van der Waals surface area (Å²) in [4.78, 5) is 21.1. The Morgan fingerprint density at radius 2 is 1.94 bits per heavy atom. The molecule has 2 aromatic carbocycles. The number of para-hydroxylation sites is 1. The Labute approximate surface area is 186 Å². The highest BCUT2D eigenvalue weighted by molar-refractivity contribution is 6.35. The Hall–Kier alpha value is -3.55. The number of carbonyl (C=O) groups excluding carboxylic acids is 1. The largest absolute Gasteiger partial charge is 0.412 e. The lowest BCUT2D eigenvalue weighted by atomic mass is 10.1. The fourth-order valence-electron chi connectivity index (χ4n) is 3.34. The standard InChI is InChI=1S/C22H13Cl2N5O2/c23-14-6-5-13(17(24)9-14)10-29-11-16(15-3-1-2-4-19(15)29)20(30)22-28-27-21(31-22)18-7-8-25-12-26-18/h1-9,11-12H,10H2. The molecule has 0 radical (unpaired) electrons. The fourth-order valence-corrected chi connectivity index (χ4v) is 3.81. The van der Waals surface area contributed by atoms with E-state index < -0.39 is 0 Å². The van der Waals surface area contributed by atoms with Crippen molar-refractivity contribution in [3.05, 3.63) is 94.3 Å². The Morgan fingerprint density at radius 1 is 1.06 bits per heavy atom. The van der Waals surface area contributed by atoms with Crippen LogP contribution in [-0.4, -0.2) is 30.5 Å². The Morgan fingerprint density at radius 3 is 2.74 bits per heavy atom. The van der Waals surface area contributed by atoms with Crippen molar-refractivity contribution in [2.24, 2.45) is 0 Å². The van der Waals surface area contributed by atoms with Gasteiger partial charge in [-0.2, -0.15) is 0 Å². The van der Waals surface area contributed by atoms with Crippen molar-refractivity contribution >= 4 is 39.9 Å². The number of hydrogen-bond acceptors (Lipinski definition) is 6. The highest BCUT2D eigenvalue weighted by Crippen LogP contribution is 2.28. The minimum absolute atomic E-state index is 0.110. The summed E-state index contributed by atoms with van der Waals surface area (Å²) < 4.78 is 7.55. The number of nitrogens with zero attached hydrogens (tertiary/aromatic N) is 5. The molecule has 5 aromatic rings. The first-order valence-corrected chi connectivity index (χ1v) is 10.0. The van der Waals surface area contributed by atoms with Crippen molar-refractivity contribution < 1.29 is 9.21 Å². The summed E-state index contributed by atoms with van der Waals surface area (Å²) in [7, 11) is 0. The van der Waals surface area contributed by atoms with E-state index in [-0.39, 0.29) is 17.6 Å².